The lowest BCUT2D eigenvalue weighted by Crippen LogP contribution is -1.98. The number of hydrogen-bond donors (Lipinski definition) is 0. The minimum Gasteiger partial charge on any atom is -0.492 e. The Kier molecular flexibility index (Phi) is 7.31. The quantitative estimate of drug-likeness (QED) is 0.123. The van der Waals surface area contributed by atoms with Crippen molar-refractivity contribution in [3.8, 4) is 28.8 Å². The summed E-state index contributed by atoms with van der Waals surface area (Å²) in [6.07, 6.45) is 4.59. The molecule has 4 rings (SSSR count). The maximum atomic E-state index is 14.7. The first-order chi connectivity index (χ1) is 16.9. The van der Waals surface area contributed by atoms with E-state index in [1.165, 1.54) is 24.4 Å². The Hall–Kier alpha value is -3.92. The summed E-state index contributed by atoms with van der Waals surface area (Å²) in [5.74, 6) is -0.391. The average Bonchev–Trinajstić information content (AvgIpc) is 2.85. The minimum absolute atomic E-state index is 0.0772. The second-order valence-corrected chi connectivity index (χ2v) is 7.92. The molecule has 0 unspecified atom stereocenters. The van der Waals surface area contributed by atoms with Gasteiger partial charge in [0.1, 0.15) is 17.4 Å². The fraction of sp³-hybridized carbons (Fsp3) is 0.179. The molecule has 0 aliphatic heterocycles. The summed E-state index contributed by atoms with van der Waals surface area (Å²) in [5, 5.41) is -0.0469. The third-order valence-corrected chi connectivity index (χ3v) is 5.40. The summed E-state index contributed by atoms with van der Waals surface area (Å²) in [4.78, 5) is 4.22. The normalized spacial score (nSPS) is 10.8. The molecule has 35 heavy (non-hydrogen) atoms. The highest BCUT2D eigenvalue weighted by Crippen LogP contribution is 2.26. The molecule has 3 aromatic carbocycles. The van der Waals surface area contributed by atoms with Crippen molar-refractivity contribution in [2.75, 3.05) is 6.61 Å². The van der Waals surface area contributed by atoms with E-state index in [1.54, 1.807) is 12.1 Å². The van der Waals surface area contributed by atoms with Crippen LogP contribution in [0.25, 0.3) is 22.0 Å². The highest BCUT2D eigenvalue weighted by atomic mass is 19.2. The zero-order chi connectivity index (χ0) is 24.9. The lowest BCUT2D eigenvalue weighted by atomic mass is 10.0. The third kappa shape index (κ3) is 5.43. The minimum atomic E-state index is -1.57. The second kappa shape index (κ2) is 10.6. The number of ether oxygens (including phenoxy) is 1. The van der Waals surface area contributed by atoms with Gasteiger partial charge in [0.15, 0.2) is 17.5 Å². The zero-order valence-corrected chi connectivity index (χ0v) is 18.8. The Balaban J connectivity index is 1.56. The molecule has 0 bridgehead atoms. The number of pyridine rings is 1. The standard InChI is InChI=1S/C28H20F5NO/c1-2-3-4-11-35-20-7-10-26(34-16-20)19-14-23(29)22(24(30)15-19)9-6-17-5-8-21-18(12-17)13-25(31)28(33)27(21)32/h5,7-8,10,12-16H,2-4,11H2,1H3. The molecule has 0 saturated carbocycles. The van der Waals surface area contributed by atoms with Crippen molar-refractivity contribution in [2.24, 2.45) is 0 Å². The van der Waals surface area contributed by atoms with Crippen LogP contribution in [0.1, 0.15) is 37.3 Å². The smallest absolute Gasteiger partial charge is 0.195 e. The van der Waals surface area contributed by atoms with Gasteiger partial charge in [0, 0.05) is 16.5 Å². The van der Waals surface area contributed by atoms with Gasteiger partial charge in [-0.05, 0) is 54.3 Å². The SMILES string of the molecule is CCCCCOc1ccc(-c2cc(F)c(C#Cc3ccc4c(F)c(F)c(F)cc4c3)c(F)c2)nc1. The molecular formula is C28H20F5NO. The maximum Gasteiger partial charge on any atom is 0.195 e. The van der Waals surface area contributed by atoms with Crippen molar-refractivity contribution < 1.29 is 26.7 Å². The molecule has 0 fully saturated rings. The van der Waals surface area contributed by atoms with Gasteiger partial charge in [-0.25, -0.2) is 22.0 Å². The van der Waals surface area contributed by atoms with Gasteiger partial charge in [-0.3, -0.25) is 4.98 Å². The van der Waals surface area contributed by atoms with Crippen molar-refractivity contribution in [1.82, 2.24) is 4.98 Å². The molecule has 0 aliphatic rings. The van der Waals surface area contributed by atoms with Crippen LogP contribution in [0.3, 0.4) is 0 Å². The lowest BCUT2D eigenvalue weighted by Gasteiger charge is -2.07. The first kappa shape index (κ1) is 24.2. The number of hydrogen-bond acceptors (Lipinski definition) is 2. The molecule has 0 amide bonds. The summed E-state index contributed by atoms with van der Waals surface area (Å²) in [6.45, 7) is 2.67. The predicted molar refractivity (Wildman–Crippen MR) is 124 cm³/mol. The Morgan fingerprint density at radius 1 is 0.800 bits per heavy atom. The van der Waals surface area contributed by atoms with Gasteiger partial charge >= 0.3 is 0 Å². The van der Waals surface area contributed by atoms with Crippen LogP contribution in [0.5, 0.6) is 5.75 Å². The van der Waals surface area contributed by atoms with Crippen LogP contribution in [0, 0.1) is 40.9 Å². The molecule has 2 nitrogen and oxygen atoms in total. The summed E-state index contributed by atoms with van der Waals surface area (Å²) in [6, 6.07) is 10.3. The van der Waals surface area contributed by atoms with Gasteiger partial charge in [-0.2, -0.15) is 0 Å². The van der Waals surface area contributed by atoms with Crippen molar-refractivity contribution in [3.63, 3.8) is 0 Å². The first-order valence-corrected chi connectivity index (χ1v) is 11.0. The second-order valence-electron chi connectivity index (χ2n) is 7.92. The van der Waals surface area contributed by atoms with Crippen LogP contribution in [0.15, 0.2) is 54.7 Å². The number of rotatable bonds is 6. The molecule has 1 aromatic heterocycles. The van der Waals surface area contributed by atoms with E-state index < -0.39 is 34.6 Å². The van der Waals surface area contributed by atoms with Crippen LogP contribution >= 0.6 is 0 Å². The van der Waals surface area contributed by atoms with Crippen LogP contribution in [0.2, 0.25) is 0 Å². The van der Waals surface area contributed by atoms with Gasteiger partial charge in [-0.15, -0.1) is 0 Å². The molecule has 1 heterocycles. The molecule has 0 aliphatic carbocycles. The Morgan fingerprint density at radius 2 is 1.57 bits per heavy atom. The van der Waals surface area contributed by atoms with E-state index in [2.05, 4.69) is 23.7 Å². The number of benzene rings is 3. The molecule has 0 N–H and O–H groups in total. The molecule has 0 atom stereocenters. The van der Waals surface area contributed by atoms with E-state index in [9.17, 15) is 22.0 Å². The average molecular weight is 481 g/mol. The van der Waals surface area contributed by atoms with Crippen molar-refractivity contribution in [2.45, 2.75) is 26.2 Å². The van der Waals surface area contributed by atoms with E-state index in [0.717, 1.165) is 37.5 Å². The van der Waals surface area contributed by atoms with Gasteiger partial charge in [0.05, 0.1) is 24.1 Å². The van der Waals surface area contributed by atoms with E-state index in [4.69, 9.17) is 4.74 Å². The van der Waals surface area contributed by atoms with Crippen molar-refractivity contribution >= 4 is 10.8 Å². The highest BCUT2D eigenvalue weighted by molar-refractivity contribution is 5.84. The van der Waals surface area contributed by atoms with E-state index in [1.807, 2.05) is 0 Å². The molecule has 0 saturated heterocycles. The molecule has 0 radical (unpaired) electrons. The van der Waals surface area contributed by atoms with Crippen molar-refractivity contribution in [1.29, 1.82) is 0 Å². The van der Waals surface area contributed by atoms with Crippen LogP contribution in [-0.2, 0) is 0 Å². The van der Waals surface area contributed by atoms with Crippen LogP contribution in [-0.4, -0.2) is 11.6 Å². The largest absolute Gasteiger partial charge is 0.492 e. The summed E-state index contributed by atoms with van der Waals surface area (Å²) < 4.78 is 75.8. The molecule has 7 heteroatoms. The zero-order valence-electron chi connectivity index (χ0n) is 18.8. The summed E-state index contributed by atoms with van der Waals surface area (Å²) >= 11 is 0. The topological polar surface area (TPSA) is 22.1 Å². The van der Waals surface area contributed by atoms with Gasteiger partial charge < -0.3 is 4.74 Å². The fourth-order valence-electron chi connectivity index (χ4n) is 3.54. The summed E-state index contributed by atoms with van der Waals surface area (Å²) in [7, 11) is 0. The highest BCUT2D eigenvalue weighted by Gasteiger charge is 2.14. The Bertz CT molecular complexity index is 1420. The molecule has 4 aromatic rings. The van der Waals surface area contributed by atoms with Crippen molar-refractivity contribution in [3.05, 3.63) is 94.9 Å². The Labute approximate surface area is 199 Å². The monoisotopic (exact) mass is 481 g/mol. The number of halogens is 5. The van der Waals surface area contributed by atoms with Gasteiger partial charge in [0.2, 0.25) is 0 Å². The fourth-order valence-corrected chi connectivity index (χ4v) is 3.54. The van der Waals surface area contributed by atoms with E-state index >= 15 is 0 Å². The van der Waals surface area contributed by atoms with Gasteiger partial charge in [0.25, 0.3) is 0 Å². The molecule has 0 spiro atoms. The number of nitrogens with zero attached hydrogens (tertiary/aromatic N) is 1. The third-order valence-electron chi connectivity index (χ3n) is 5.40. The lowest BCUT2D eigenvalue weighted by molar-refractivity contribution is 0.305. The number of aromatic nitrogens is 1. The molecular weight excluding hydrogens is 461 g/mol. The first-order valence-electron chi connectivity index (χ1n) is 11.0. The maximum absolute atomic E-state index is 14.7. The van der Waals surface area contributed by atoms with E-state index in [0.29, 0.717) is 18.1 Å². The van der Waals surface area contributed by atoms with Crippen LogP contribution < -0.4 is 4.74 Å². The summed E-state index contributed by atoms with van der Waals surface area (Å²) in [5.41, 5.74) is 0.402. The molecule has 178 valence electrons. The Morgan fingerprint density at radius 3 is 2.26 bits per heavy atom. The predicted octanol–water partition coefficient (Wildman–Crippen LogP) is 7.57. The number of fused-ring (bicyclic) bond motifs is 1. The van der Waals surface area contributed by atoms with E-state index in [-0.39, 0.29) is 21.9 Å². The number of unbranched alkanes of at least 4 members (excludes halogenated alkanes) is 2. The van der Waals surface area contributed by atoms with Gasteiger partial charge in [-0.1, -0.05) is 37.7 Å². The van der Waals surface area contributed by atoms with Crippen LogP contribution in [0.4, 0.5) is 22.0 Å².